The molecule has 36 heavy (non-hydrogen) atoms. The van der Waals surface area contributed by atoms with Crippen LogP contribution in [0.5, 0.6) is 0 Å². The van der Waals surface area contributed by atoms with Crippen molar-refractivity contribution >= 4 is 11.8 Å². The van der Waals surface area contributed by atoms with Gasteiger partial charge in [0.2, 0.25) is 5.91 Å². The van der Waals surface area contributed by atoms with Gasteiger partial charge in [-0.15, -0.1) is 0 Å². The summed E-state index contributed by atoms with van der Waals surface area (Å²) in [5, 5.41) is 10.5. The van der Waals surface area contributed by atoms with Crippen LogP contribution in [-0.2, 0) is 17.8 Å². The van der Waals surface area contributed by atoms with Crippen LogP contribution >= 0.6 is 0 Å². The van der Waals surface area contributed by atoms with E-state index in [0.717, 1.165) is 60.3 Å². The molecule has 4 aliphatic carbocycles. The van der Waals surface area contributed by atoms with Gasteiger partial charge in [0.05, 0.1) is 5.69 Å². The fourth-order valence-corrected chi connectivity index (χ4v) is 7.19. The SMILES string of the molecule is O=C(NCCc1ccc(-n2cccn2)cc1)c1ccc(CNC(=O)C23CC4CC(CC(C4)C2)C3)cc1. The highest BCUT2D eigenvalue weighted by Crippen LogP contribution is 2.60. The summed E-state index contributed by atoms with van der Waals surface area (Å²) in [6, 6.07) is 17.7. The van der Waals surface area contributed by atoms with Gasteiger partial charge in [0.1, 0.15) is 0 Å². The highest BCUT2D eigenvalue weighted by molar-refractivity contribution is 5.94. The van der Waals surface area contributed by atoms with Crippen LogP contribution in [0.25, 0.3) is 5.69 Å². The third-order valence-corrected chi connectivity index (χ3v) is 8.59. The van der Waals surface area contributed by atoms with Crippen molar-refractivity contribution in [2.45, 2.75) is 51.5 Å². The first-order valence-electron chi connectivity index (χ1n) is 13.3. The molecule has 2 N–H and O–H groups in total. The Hall–Kier alpha value is -3.41. The fourth-order valence-electron chi connectivity index (χ4n) is 7.19. The number of amides is 2. The van der Waals surface area contributed by atoms with E-state index in [2.05, 4.69) is 27.9 Å². The predicted molar refractivity (Wildman–Crippen MR) is 138 cm³/mol. The summed E-state index contributed by atoms with van der Waals surface area (Å²) < 4.78 is 1.82. The minimum absolute atomic E-state index is 0.0766. The van der Waals surface area contributed by atoms with Gasteiger partial charge < -0.3 is 10.6 Å². The maximum Gasteiger partial charge on any atom is 0.251 e. The number of carbonyl (C=O) groups excluding carboxylic acids is 2. The molecule has 4 saturated carbocycles. The van der Waals surface area contributed by atoms with Gasteiger partial charge >= 0.3 is 0 Å². The Morgan fingerprint density at radius 3 is 2.11 bits per heavy atom. The van der Waals surface area contributed by atoms with Gasteiger partial charge in [-0.25, -0.2) is 4.68 Å². The van der Waals surface area contributed by atoms with E-state index >= 15 is 0 Å². The predicted octanol–water partition coefficient (Wildman–Crippen LogP) is 4.68. The lowest BCUT2D eigenvalue weighted by atomic mass is 9.49. The van der Waals surface area contributed by atoms with E-state index in [1.807, 2.05) is 53.3 Å². The Balaban J connectivity index is 0.969. The van der Waals surface area contributed by atoms with Gasteiger partial charge in [0, 0.05) is 36.5 Å². The van der Waals surface area contributed by atoms with Crippen molar-refractivity contribution in [3.8, 4) is 5.69 Å². The molecule has 0 aliphatic heterocycles. The second-order valence-corrected chi connectivity index (χ2v) is 11.2. The summed E-state index contributed by atoms with van der Waals surface area (Å²) in [5.41, 5.74) is 3.73. The number of rotatable bonds is 8. The van der Waals surface area contributed by atoms with Crippen LogP contribution in [-0.4, -0.2) is 28.1 Å². The highest BCUT2D eigenvalue weighted by atomic mass is 16.2. The summed E-state index contributed by atoms with van der Waals surface area (Å²) in [6.07, 6.45) is 11.7. The Bertz CT molecular complexity index is 1180. The van der Waals surface area contributed by atoms with E-state index in [0.29, 0.717) is 18.7 Å². The zero-order valence-corrected chi connectivity index (χ0v) is 20.7. The summed E-state index contributed by atoms with van der Waals surface area (Å²) in [6.45, 7) is 1.10. The Labute approximate surface area is 212 Å². The third kappa shape index (κ3) is 4.69. The number of nitrogens with zero attached hydrogens (tertiary/aromatic N) is 2. The molecule has 0 atom stereocenters. The lowest BCUT2D eigenvalue weighted by Gasteiger charge is -2.55. The molecule has 4 fully saturated rings. The molecule has 0 saturated heterocycles. The lowest BCUT2D eigenvalue weighted by Crippen LogP contribution is -2.53. The van der Waals surface area contributed by atoms with Crippen LogP contribution in [0.1, 0.15) is 60.0 Å². The zero-order chi connectivity index (χ0) is 24.5. The summed E-state index contributed by atoms with van der Waals surface area (Å²) in [7, 11) is 0. The molecule has 4 aliphatic rings. The van der Waals surface area contributed by atoms with Crippen molar-refractivity contribution in [2.24, 2.45) is 23.2 Å². The molecule has 6 heteroatoms. The summed E-state index contributed by atoms with van der Waals surface area (Å²) in [4.78, 5) is 25.8. The summed E-state index contributed by atoms with van der Waals surface area (Å²) in [5.74, 6) is 2.47. The fraction of sp³-hybridized carbons (Fsp3) is 0.433. The molecule has 0 spiro atoms. The van der Waals surface area contributed by atoms with E-state index in [-0.39, 0.29) is 17.2 Å². The molecule has 186 valence electrons. The van der Waals surface area contributed by atoms with Gasteiger partial charge in [-0.05, 0) is 104 Å². The first-order chi connectivity index (χ1) is 17.6. The number of aromatic nitrogens is 2. The van der Waals surface area contributed by atoms with Crippen LogP contribution < -0.4 is 10.6 Å². The van der Waals surface area contributed by atoms with Crippen molar-refractivity contribution in [3.63, 3.8) is 0 Å². The lowest BCUT2D eigenvalue weighted by molar-refractivity contribution is -0.146. The number of nitrogens with one attached hydrogen (secondary N) is 2. The van der Waals surface area contributed by atoms with Gasteiger partial charge in [-0.3, -0.25) is 9.59 Å². The second-order valence-electron chi connectivity index (χ2n) is 11.2. The van der Waals surface area contributed by atoms with E-state index in [1.54, 1.807) is 6.20 Å². The van der Waals surface area contributed by atoms with Gasteiger partial charge in [0.15, 0.2) is 0 Å². The average molecular weight is 483 g/mol. The van der Waals surface area contributed by atoms with Crippen LogP contribution in [0, 0.1) is 23.2 Å². The van der Waals surface area contributed by atoms with E-state index in [1.165, 1.54) is 19.3 Å². The quantitative estimate of drug-likeness (QED) is 0.490. The minimum atomic E-state index is -0.117. The number of hydrogen-bond donors (Lipinski definition) is 2. The van der Waals surface area contributed by atoms with Crippen LogP contribution in [0.4, 0.5) is 0 Å². The number of benzene rings is 2. The van der Waals surface area contributed by atoms with E-state index < -0.39 is 0 Å². The van der Waals surface area contributed by atoms with Crippen molar-refractivity contribution < 1.29 is 9.59 Å². The molecule has 7 rings (SSSR count). The van der Waals surface area contributed by atoms with E-state index in [9.17, 15) is 9.59 Å². The van der Waals surface area contributed by atoms with Gasteiger partial charge in [-0.1, -0.05) is 24.3 Å². The largest absolute Gasteiger partial charge is 0.352 e. The smallest absolute Gasteiger partial charge is 0.251 e. The molecule has 3 aromatic rings. The Morgan fingerprint density at radius 2 is 1.50 bits per heavy atom. The molecule has 1 heterocycles. The molecule has 2 amide bonds. The van der Waals surface area contributed by atoms with Crippen molar-refractivity contribution in [3.05, 3.63) is 83.7 Å². The molecule has 2 aromatic carbocycles. The molecule has 1 aromatic heterocycles. The van der Waals surface area contributed by atoms with Crippen LogP contribution in [0.15, 0.2) is 67.0 Å². The van der Waals surface area contributed by atoms with Crippen LogP contribution in [0.2, 0.25) is 0 Å². The first-order valence-corrected chi connectivity index (χ1v) is 13.3. The molecular formula is C30H34N4O2. The molecular weight excluding hydrogens is 448 g/mol. The number of carbonyl (C=O) groups is 2. The van der Waals surface area contributed by atoms with Crippen molar-refractivity contribution in [2.75, 3.05) is 6.54 Å². The molecule has 0 unspecified atom stereocenters. The van der Waals surface area contributed by atoms with Gasteiger partial charge in [-0.2, -0.15) is 5.10 Å². The van der Waals surface area contributed by atoms with Gasteiger partial charge in [0.25, 0.3) is 5.91 Å². The highest BCUT2D eigenvalue weighted by Gasteiger charge is 2.54. The van der Waals surface area contributed by atoms with Crippen LogP contribution in [0.3, 0.4) is 0 Å². The minimum Gasteiger partial charge on any atom is -0.352 e. The molecule has 4 bridgehead atoms. The second kappa shape index (κ2) is 9.57. The Morgan fingerprint density at radius 1 is 0.861 bits per heavy atom. The zero-order valence-electron chi connectivity index (χ0n) is 20.7. The topological polar surface area (TPSA) is 76.0 Å². The number of hydrogen-bond acceptors (Lipinski definition) is 3. The standard InChI is InChI=1S/C30H34N4O2/c35-28(31-12-10-21-4-8-27(9-5-21)34-13-1-11-33-34)26-6-2-22(3-7-26)20-32-29(36)30-17-23-14-24(18-30)16-25(15-23)19-30/h1-9,11,13,23-25H,10,12,14-20H2,(H,31,35)(H,32,36). The normalized spacial score (nSPS) is 26.1. The monoisotopic (exact) mass is 482 g/mol. The molecule has 0 radical (unpaired) electrons. The van der Waals surface area contributed by atoms with Crippen molar-refractivity contribution in [1.29, 1.82) is 0 Å². The maximum atomic E-state index is 13.2. The van der Waals surface area contributed by atoms with E-state index in [4.69, 9.17) is 0 Å². The third-order valence-electron chi connectivity index (χ3n) is 8.59. The maximum absolute atomic E-state index is 13.2. The first kappa shape index (κ1) is 23.0. The summed E-state index contributed by atoms with van der Waals surface area (Å²) >= 11 is 0. The average Bonchev–Trinajstić information content (AvgIpc) is 3.42. The van der Waals surface area contributed by atoms with Crippen molar-refractivity contribution in [1.82, 2.24) is 20.4 Å². The molecule has 6 nitrogen and oxygen atoms in total. The Kier molecular flexibility index (Phi) is 6.12.